The van der Waals surface area contributed by atoms with Crippen molar-refractivity contribution in [3.05, 3.63) is 24.0 Å². The van der Waals surface area contributed by atoms with E-state index >= 15 is 0 Å². The van der Waals surface area contributed by atoms with Crippen LogP contribution < -0.4 is 9.31 Å². The predicted molar refractivity (Wildman–Crippen MR) is 55.7 cm³/mol. The zero-order chi connectivity index (χ0) is 10.1. The molecule has 0 bridgehead atoms. The molecule has 1 rings (SSSR count). The van der Waals surface area contributed by atoms with Gasteiger partial charge in [0.1, 0.15) is 0 Å². The van der Waals surface area contributed by atoms with E-state index in [0.29, 0.717) is 5.56 Å². The molecule has 70 valence electrons. The number of nitrogens with two attached hydrogens (primary N) is 1. The van der Waals surface area contributed by atoms with Crippen molar-refractivity contribution in [3.63, 3.8) is 0 Å². The van der Waals surface area contributed by atoms with Crippen molar-refractivity contribution in [2.24, 2.45) is 5.73 Å². The Balaban J connectivity index is 3.28. The van der Waals surface area contributed by atoms with E-state index in [1.807, 2.05) is 6.07 Å². The van der Waals surface area contributed by atoms with Gasteiger partial charge >= 0.3 is 82.2 Å². The summed E-state index contributed by atoms with van der Waals surface area (Å²) in [5, 5.41) is 0. The molecule has 0 aromatic carbocycles. The van der Waals surface area contributed by atoms with E-state index in [1.165, 1.54) is 0 Å². The van der Waals surface area contributed by atoms with Gasteiger partial charge in [-0.25, -0.2) is 0 Å². The van der Waals surface area contributed by atoms with Gasteiger partial charge < -0.3 is 0 Å². The normalized spacial score (nSPS) is 11.3. The Kier molecular flexibility index (Phi) is 2.95. The Hall–Kier alpha value is -0.581. The summed E-state index contributed by atoms with van der Waals surface area (Å²) < 4.78 is 1.15. The number of carbonyl (C=O) groups excluding carboxylic acids is 1. The van der Waals surface area contributed by atoms with Gasteiger partial charge in [0.15, 0.2) is 0 Å². The van der Waals surface area contributed by atoms with Crippen LogP contribution in [-0.4, -0.2) is 29.3 Å². The molecule has 0 saturated carbocycles. The van der Waals surface area contributed by atoms with Crippen molar-refractivity contribution in [1.82, 2.24) is 4.98 Å². The quantitative estimate of drug-likeness (QED) is 0.814. The minimum atomic E-state index is -2.20. The van der Waals surface area contributed by atoms with Crippen LogP contribution in [0.15, 0.2) is 18.5 Å². The fourth-order valence-corrected chi connectivity index (χ4v) is 5.73. The van der Waals surface area contributed by atoms with E-state index in [-0.39, 0.29) is 5.91 Å². The van der Waals surface area contributed by atoms with Crippen molar-refractivity contribution < 1.29 is 4.79 Å². The number of primary amides is 1. The molecule has 1 aromatic rings. The fraction of sp³-hybridized carbons (Fsp3) is 0.333. The van der Waals surface area contributed by atoms with E-state index in [2.05, 4.69) is 19.8 Å². The van der Waals surface area contributed by atoms with Crippen LogP contribution in [-0.2, 0) is 0 Å². The van der Waals surface area contributed by atoms with Gasteiger partial charge in [0.05, 0.1) is 0 Å². The number of rotatable bonds is 2. The van der Waals surface area contributed by atoms with Crippen LogP contribution in [0, 0.1) is 0 Å². The van der Waals surface area contributed by atoms with Gasteiger partial charge in [0, 0.05) is 0 Å². The first-order valence-corrected chi connectivity index (χ1v) is 14.2. The third kappa shape index (κ3) is 2.43. The molecule has 0 aliphatic rings. The van der Waals surface area contributed by atoms with Gasteiger partial charge in [-0.05, 0) is 0 Å². The number of nitrogens with zero attached hydrogens (tertiary/aromatic N) is 1. The van der Waals surface area contributed by atoms with Crippen LogP contribution in [0.5, 0.6) is 0 Å². The minimum absolute atomic E-state index is 0.366. The molecule has 0 saturated heterocycles. The van der Waals surface area contributed by atoms with Crippen LogP contribution in [0.2, 0.25) is 14.8 Å². The maximum absolute atomic E-state index is 11.1. The molecular formula is C9H14N2OSn. The van der Waals surface area contributed by atoms with Gasteiger partial charge in [-0.15, -0.1) is 0 Å². The molecule has 1 aromatic heterocycles. The molecular weight excluding hydrogens is 271 g/mol. The molecule has 4 heteroatoms. The first-order valence-electron chi connectivity index (χ1n) is 4.17. The van der Waals surface area contributed by atoms with E-state index in [4.69, 9.17) is 5.73 Å². The Labute approximate surface area is 82.2 Å². The molecule has 0 aliphatic heterocycles. The summed E-state index contributed by atoms with van der Waals surface area (Å²) in [6.07, 6.45) is 3.30. The van der Waals surface area contributed by atoms with E-state index in [9.17, 15) is 4.79 Å². The molecule has 3 nitrogen and oxygen atoms in total. The summed E-state index contributed by atoms with van der Waals surface area (Å²) in [5.41, 5.74) is 5.87. The zero-order valence-corrected chi connectivity index (χ0v) is 11.0. The second kappa shape index (κ2) is 3.65. The molecule has 1 heterocycles. The van der Waals surface area contributed by atoms with Crippen LogP contribution in [0.4, 0.5) is 0 Å². The van der Waals surface area contributed by atoms with Crippen LogP contribution in [0.3, 0.4) is 0 Å². The Bertz CT molecular complexity index is 331. The van der Waals surface area contributed by atoms with E-state index in [0.717, 1.165) is 3.58 Å². The number of hydrogen-bond acceptors (Lipinski definition) is 2. The fourth-order valence-electron chi connectivity index (χ4n) is 1.24. The van der Waals surface area contributed by atoms with Crippen molar-refractivity contribution in [3.8, 4) is 0 Å². The average Bonchev–Trinajstić information content (AvgIpc) is 2.03. The van der Waals surface area contributed by atoms with E-state index < -0.39 is 18.4 Å². The number of pyridine rings is 1. The second-order valence-electron chi connectivity index (χ2n) is 4.04. The number of aromatic nitrogens is 1. The van der Waals surface area contributed by atoms with Gasteiger partial charge in [0.25, 0.3) is 0 Å². The van der Waals surface area contributed by atoms with Gasteiger partial charge in [0.2, 0.25) is 0 Å². The van der Waals surface area contributed by atoms with Gasteiger partial charge in [-0.3, -0.25) is 0 Å². The summed E-state index contributed by atoms with van der Waals surface area (Å²) in [6, 6.07) is 1.93. The van der Waals surface area contributed by atoms with Crippen LogP contribution in [0.1, 0.15) is 10.4 Å². The molecule has 0 unspecified atom stereocenters. The monoisotopic (exact) mass is 286 g/mol. The molecule has 0 radical (unpaired) electrons. The third-order valence-electron chi connectivity index (χ3n) is 1.89. The summed E-state index contributed by atoms with van der Waals surface area (Å²) in [7, 11) is 0. The molecule has 0 fully saturated rings. The van der Waals surface area contributed by atoms with Crippen molar-refractivity contribution >= 4 is 27.9 Å². The molecule has 13 heavy (non-hydrogen) atoms. The molecule has 0 spiro atoms. The summed E-state index contributed by atoms with van der Waals surface area (Å²) in [6.45, 7) is 0. The third-order valence-corrected chi connectivity index (χ3v) is 7.75. The Morgan fingerprint density at radius 3 is 2.46 bits per heavy atom. The summed E-state index contributed by atoms with van der Waals surface area (Å²) in [5.74, 6) is -0.366. The SMILES string of the molecule is [CH3][Sn]([CH3])([CH3])[c]1ccncc1C(N)=O. The van der Waals surface area contributed by atoms with Crippen molar-refractivity contribution in [1.29, 1.82) is 0 Å². The standard InChI is InChI=1S/C6H5N2O.3CH3.Sn/c7-6(9)5-2-1-3-8-4-5;;;;/h1,3-4H,(H2,7,9);3*1H3;. The second-order valence-corrected chi connectivity index (χ2v) is 18.4. The van der Waals surface area contributed by atoms with E-state index in [1.54, 1.807) is 12.4 Å². The Morgan fingerprint density at radius 1 is 1.46 bits per heavy atom. The summed E-state index contributed by atoms with van der Waals surface area (Å²) in [4.78, 5) is 21.7. The predicted octanol–water partition coefficient (Wildman–Crippen LogP) is 0.726. The zero-order valence-electron chi connectivity index (χ0n) is 8.16. The maximum atomic E-state index is 11.1. The average molecular weight is 285 g/mol. The topological polar surface area (TPSA) is 56.0 Å². The number of carbonyl (C=O) groups is 1. The molecule has 1 amide bonds. The number of hydrogen-bond donors (Lipinski definition) is 1. The summed E-state index contributed by atoms with van der Waals surface area (Å²) >= 11 is -2.20. The van der Waals surface area contributed by atoms with Crippen molar-refractivity contribution in [2.45, 2.75) is 14.8 Å². The van der Waals surface area contributed by atoms with Crippen LogP contribution >= 0.6 is 0 Å². The van der Waals surface area contributed by atoms with Crippen molar-refractivity contribution in [2.75, 3.05) is 0 Å². The van der Waals surface area contributed by atoms with Gasteiger partial charge in [-0.1, -0.05) is 0 Å². The Morgan fingerprint density at radius 2 is 2.08 bits per heavy atom. The van der Waals surface area contributed by atoms with Gasteiger partial charge in [-0.2, -0.15) is 0 Å². The molecule has 0 atom stereocenters. The van der Waals surface area contributed by atoms with Crippen LogP contribution in [0.25, 0.3) is 0 Å². The first kappa shape index (κ1) is 10.5. The number of amides is 1. The molecule has 0 aliphatic carbocycles. The molecule has 2 N–H and O–H groups in total. The first-order chi connectivity index (χ1) is 5.93.